The van der Waals surface area contributed by atoms with Crippen LogP contribution in [0.1, 0.15) is 82.3 Å². The summed E-state index contributed by atoms with van der Waals surface area (Å²) >= 11 is 0. The number of ether oxygens (including phenoxy) is 3. The van der Waals surface area contributed by atoms with E-state index in [2.05, 4.69) is 41.0 Å². The zero-order chi connectivity index (χ0) is 30.0. The fourth-order valence-corrected chi connectivity index (χ4v) is 5.05. The Bertz CT molecular complexity index is 1060. The lowest BCUT2D eigenvalue weighted by Gasteiger charge is -2.17. The maximum Gasteiger partial charge on any atom is 0.307 e. The molecule has 0 amide bonds. The highest BCUT2D eigenvalue weighted by molar-refractivity contribution is 5.69. The second kappa shape index (κ2) is 18.8. The van der Waals surface area contributed by atoms with Gasteiger partial charge in [-0.25, -0.2) is 0 Å². The smallest absolute Gasteiger partial charge is 0.307 e. The van der Waals surface area contributed by atoms with Crippen LogP contribution in [0.5, 0.6) is 5.75 Å². The van der Waals surface area contributed by atoms with Gasteiger partial charge in [-0.3, -0.25) is 4.79 Å². The third-order valence-corrected chi connectivity index (χ3v) is 7.22. The Morgan fingerprint density at radius 1 is 1.29 bits per heavy atom. The molecule has 1 aromatic rings. The molecule has 226 valence electrons. The van der Waals surface area contributed by atoms with Crippen LogP contribution < -0.4 is 4.74 Å². The fraction of sp³-hybridized carbons (Fsp3) is 0.613. The molecule has 5 unspecified atom stereocenters. The van der Waals surface area contributed by atoms with E-state index in [0.717, 1.165) is 36.9 Å². The van der Waals surface area contributed by atoms with Crippen LogP contribution in [0.15, 0.2) is 30.4 Å². The van der Waals surface area contributed by atoms with Crippen molar-refractivity contribution in [1.82, 2.24) is 0 Å². The first-order valence-electron chi connectivity index (χ1n) is 14.2. The lowest BCUT2D eigenvalue weighted by Crippen LogP contribution is -2.17. The van der Waals surface area contributed by atoms with Crippen molar-refractivity contribution < 1.29 is 38.8 Å². The van der Waals surface area contributed by atoms with Crippen molar-refractivity contribution in [2.24, 2.45) is 11.8 Å². The summed E-state index contributed by atoms with van der Waals surface area (Å²) in [5.41, 5.74) is 2.41. The molecule has 1 saturated carbocycles. The minimum absolute atomic E-state index is 0.000422. The molecule has 1 aliphatic carbocycles. The molecule has 1 fully saturated rings. The molecule has 10 heteroatoms. The summed E-state index contributed by atoms with van der Waals surface area (Å²) in [5, 5.41) is 19.2. The average molecular weight is 574 g/mol. The van der Waals surface area contributed by atoms with Gasteiger partial charge in [-0.1, -0.05) is 37.3 Å². The summed E-state index contributed by atoms with van der Waals surface area (Å²) in [7, 11) is 1.50. The summed E-state index contributed by atoms with van der Waals surface area (Å²) < 4.78 is 16.1. The molecule has 2 aliphatic rings. The number of rotatable bonds is 16. The van der Waals surface area contributed by atoms with Crippen LogP contribution in [0, 0.1) is 33.8 Å². The van der Waals surface area contributed by atoms with Crippen LogP contribution in [0.3, 0.4) is 0 Å². The quantitative estimate of drug-likeness (QED) is 0.0426. The van der Waals surface area contributed by atoms with Crippen molar-refractivity contribution in [3.8, 4) is 17.6 Å². The Morgan fingerprint density at radius 3 is 2.80 bits per heavy atom. The number of unbranched alkanes of at least 4 members (excludes halogenated alkanes) is 2. The van der Waals surface area contributed by atoms with Crippen LogP contribution in [-0.4, -0.2) is 55.2 Å². The Hall–Kier alpha value is -3.42. The Kier molecular flexibility index (Phi) is 15.5. The number of methoxy groups -OCH3 is 1. The number of allylic oxidation sites excluding steroid dienone is 1. The minimum atomic E-state index is -0.832. The monoisotopic (exact) mass is 573 g/mol. The number of fused-ring (bicyclic) bond motifs is 3. The van der Waals surface area contributed by atoms with Crippen molar-refractivity contribution >= 4 is 12.3 Å². The SMILES string of the molecule is CC#CCC(C)C(O)/C=C/C1CCC2Oc3c(CCCC(=O)OCOC)cccc3C12.O=CCCCCO[N+](=O)[O-]. The van der Waals surface area contributed by atoms with Gasteiger partial charge in [-0.15, -0.1) is 22.0 Å². The van der Waals surface area contributed by atoms with E-state index >= 15 is 0 Å². The molecular formula is C31H43NO9. The first-order valence-corrected chi connectivity index (χ1v) is 14.2. The number of hydrogen-bond donors (Lipinski definition) is 1. The molecule has 0 radical (unpaired) electrons. The Morgan fingerprint density at radius 2 is 2.10 bits per heavy atom. The van der Waals surface area contributed by atoms with Gasteiger partial charge < -0.3 is 28.9 Å². The van der Waals surface area contributed by atoms with Gasteiger partial charge in [-0.05, 0) is 62.8 Å². The highest BCUT2D eigenvalue weighted by atomic mass is 16.9. The van der Waals surface area contributed by atoms with Gasteiger partial charge in [0.05, 0.1) is 12.7 Å². The number of hydrogen-bond acceptors (Lipinski definition) is 9. The molecule has 0 aromatic heterocycles. The molecule has 1 aromatic carbocycles. The van der Waals surface area contributed by atoms with Crippen molar-refractivity contribution in [2.45, 2.75) is 89.8 Å². The highest BCUT2D eigenvalue weighted by Gasteiger charge is 2.44. The largest absolute Gasteiger partial charge is 0.489 e. The van der Waals surface area contributed by atoms with Gasteiger partial charge in [-0.2, -0.15) is 0 Å². The maximum atomic E-state index is 11.7. The van der Waals surface area contributed by atoms with Crippen LogP contribution in [0.2, 0.25) is 0 Å². The standard InChI is InChI=1S/C26H34O5.C5H9NO4/c1-4-5-8-18(2)22(27)15-13-19-14-16-23-25(19)21-11-6-9-20(26(21)31-23)10-7-12-24(28)30-17-29-3;7-4-2-1-3-5-10-6(8)9/h6,9,11,13,15,18-19,22-23,25,27H,7-8,10,12,14,16-17H2,1-3H3;4H,1-3,5H2/b15-13+;. The second-order valence-corrected chi connectivity index (χ2v) is 10.2. The first kappa shape index (κ1) is 33.8. The molecule has 1 aliphatic heterocycles. The van der Waals surface area contributed by atoms with Crippen LogP contribution in [0.25, 0.3) is 0 Å². The van der Waals surface area contributed by atoms with Crippen LogP contribution in [0.4, 0.5) is 0 Å². The molecule has 1 N–H and O–H groups in total. The molecule has 10 nitrogen and oxygen atoms in total. The molecule has 0 saturated heterocycles. The van der Waals surface area contributed by atoms with E-state index in [0.29, 0.717) is 50.4 Å². The van der Waals surface area contributed by atoms with Crippen molar-refractivity contribution in [1.29, 1.82) is 0 Å². The number of benzene rings is 1. The van der Waals surface area contributed by atoms with Gasteiger partial charge in [0.15, 0.2) is 6.79 Å². The molecule has 0 spiro atoms. The van der Waals surface area contributed by atoms with Gasteiger partial charge in [0.2, 0.25) is 0 Å². The number of carbonyl (C=O) groups excluding carboxylic acids is 2. The van der Waals surface area contributed by atoms with Crippen LogP contribution in [-0.2, 0) is 30.3 Å². The molecule has 41 heavy (non-hydrogen) atoms. The number of aldehydes is 1. The number of aliphatic hydroxyl groups is 1. The lowest BCUT2D eigenvalue weighted by molar-refractivity contribution is -0.757. The zero-order valence-corrected chi connectivity index (χ0v) is 24.3. The predicted octanol–water partition coefficient (Wildman–Crippen LogP) is 4.94. The summed E-state index contributed by atoms with van der Waals surface area (Å²) in [6, 6.07) is 6.34. The van der Waals surface area contributed by atoms with Gasteiger partial charge in [0.1, 0.15) is 18.1 Å². The molecule has 0 bridgehead atoms. The van der Waals surface area contributed by atoms with E-state index in [1.807, 2.05) is 19.9 Å². The van der Waals surface area contributed by atoms with Crippen molar-refractivity contribution in [3.05, 3.63) is 51.6 Å². The van der Waals surface area contributed by atoms with Crippen LogP contribution >= 0.6 is 0 Å². The third kappa shape index (κ3) is 11.5. The number of aliphatic hydroxyl groups excluding tert-OH is 1. The topological polar surface area (TPSA) is 134 Å². The molecule has 3 rings (SSSR count). The molecule has 1 heterocycles. The zero-order valence-electron chi connectivity index (χ0n) is 24.3. The van der Waals surface area contributed by atoms with E-state index < -0.39 is 11.2 Å². The van der Waals surface area contributed by atoms with Gasteiger partial charge in [0.25, 0.3) is 5.09 Å². The van der Waals surface area contributed by atoms with E-state index in [1.54, 1.807) is 0 Å². The van der Waals surface area contributed by atoms with Crippen molar-refractivity contribution in [3.63, 3.8) is 0 Å². The summed E-state index contributed by atoms with van der Waals surface area (Å²) in [6.45, 7) is 3.94. The predicted molar refractivity (Wildman–Crippen MR) is 152 cm³/mol. The normalized spacial score (nSPS) is 19.9. The number of carbonyl (C=O) groups is 2. The molecule has 5 atom stereocenters. The number of para-hydroxylation sites is 1. The third-order valence-electron chi connectivity index (χ3n) is 7.22. The molecular weight excluding hydrogens is 530 g/mol. The summed E-state index contributed by atoms with van der Waals surface area (Å²) in [5.74, 6) is 7.51. The Labute approximate surface area is 242 Å². The summed E-state index contributed by atoms with van der Waals surface area (Å²) in [4.78, 5) is 35.0. The Balaban J connectivity index is 0.000000503. The van der Waals surface area contributed by atoms with E-state index in [9.17, 15) is 24.8 Å². The minimum Gasteiger partial charge on any atom is -0.489 e. The maximum absolute atomic E-state index is 11.7. The first-order chi connectivity index (χ1) is 19.8. The fourth-order valence-electron chi connectivity index (χ4n) is 5.05. The van der Waals surface area contributed by atoms with E-state index in [4.69, 9.17) is 14.2 Å². The second-order valence-electron chi connectivity index (χ2n) is 10.2. The summed E-state index contributed by atoms with van der Waals surface area (Å²) in [6.07, 6.45) is 10.9. The average Bonchev–Trinajstić information content (AvgIpc) is 3.53. The number of nitrogens with zero attached hydrogens (tertiary/aromatic N) is 1. The number of esters is 1. The van der Waals surface area contributed by atoms with Crippen molar-refractivity contribution in [2.75, 3.05) is 20.5 Å². The van der Waals surface area contributed by atoms with Gasteiger partial charge in [0, 0.05) is 37.9 Å². The lowest BCUT2D eigenvalue weighted by atomic mass is 9.86. The van der Waals surface area contributed by atoms with E-state index in [1.165, 1.54) is 12.7 Å². The van der Waals surface area contributed by atoms with E-state index in [-0.39, 0.29) is 31.4 Å². The van der Waals surface area contributed by atoms with Gasteiger partial charge >= 0.3 is 5.97 Å². The highest BCUT2D eigenvalue weighted by Crippen LogP contribution is 2.52. The number of aryl methyl sites for hydroxylation is 1.